The van der Waals surface area contributed by atoms with Gasteiger partial charge in [0.15, 0.2) is 0 Å². The topological polar surface area (TPSA) is 254 Å². The zero-order valence-corrected chi connectivity index (χ0v) is 47.7. The molecule has 1 fully saturated rings. The molecule has 424 valence electrons. The molecule has 0 bridgehead atoms. The average Bonchev–Trinajstić information content (AvgIpc) is 3.87. The van der Waals surface area contributed by atoms with E-state index in [0.29, 0.717) is 42.6 Å². The van der Waals surface area contributed by atoms with Crippen LogP contribution >= 0.6 is 12.6 Å². The number of anilines is 1. The second-order valence-electron chi connectivity index (χ2n) is 20.7. The smallest absolute Gasteiger partial charge is 0.410 e. The Hall–Kier alpha value is -5.77. The maximum Gasteiger partial charge on any atom is 0.410 e. The Morgan fingerprint density at radius 2 is 1.39 bits per heavy atom. The first-order valence-corrected chi connectivity index (χ1v) is 26.8. The number of likely N-dealkylation sites (tertiary alicyclic amines) is 1. The van der Waals surface area contributed by atoms with Crippen molar-refractivity contribution in [2.45, 2.75) is 155 Å². The quantitative estimate of drug-likeness (QED) is 0.0558. The Morgan fingerprint density at radius 3 is 1.96 bits per heavy atom. The summed E-state index contributed by atoms with van der Waals surface area (Å²) in [6.45, 7) is 15.9. The second-order valence-corrected chi connectivity index (χ2v) is 21.6. The summed E-state index contributed by atoms with van der Waals surface area (Å²) < 4.78 is 17.4. The van der Waals surface area contributed by atoms with Crippen molar-refractivity contribution in [1.29, 1.82) is 0 Å². The summed E-state index contributed by atoms with van der Waals surface area (Å²) in [5.41, 5.74) is 1.69. The number of benzene rings is 2. The number of methoxy groups -OCH3 is 2. The van der Waals surface area contributed by atoms with E-state index in [1.54, 1.807) is 96.8 Å². The molecule has 1 aliphatic heterocycles. The van der Waals surface area contributed by atoms with Gasteiger partial charge in [-0.3, -0.25) is 38.5 Å². The van der Waals surface area contributed by atoms with Gasteiger partial charge in [-0.2, -0.15) is 12.6 Å². The minimum absolute atomic E-state index is 0.0621. The SMILES string of the molecule is CCC(C)C(C(CC(=O)N1CCCC1C(OC)C(C)C(=O)NC(C)C(O)c1ccccc1)OC)N(C)C(=O)CNC(=O)C(C(C)C)N(C)C(=O)OCc1ccc(NC(=O)CNC(=O)C(NC(=O)CC(C)S)C(C)C)cc1. The number of aliphatic hydroxyl groups excluding tert-OH is 1. The van der Waals surface area contributed by atoms with Gasteiger partial charge in [0.2, 0.25) is 41.4 Å². The van der Waals surface area contributed by atoms with Crippen molar-refractivity contribution in [3.63, 3.8) is 0 Å². The molecule has 2 aromatic carbocycles. The molecule has 0 aromatic heterocycles. The van der Waals surface area contributed by atoms with Crippen molar-refractivity contribution in [3.05, 3.63) is 65.7 Å². The number of hydrogen-bond acceptors (Lipinski definition) is 13. The van der Waals surface area contributed by atoms with E-state index in [9.17, 15) is 43.5 Å². The molecule has 6 N–H and O–H groups in total. The molecular weight excluding hydrogens is 997 g/mol. The van der Waals surface area contributed by atoms with Crippen LogP contribution in [0.5, 0.6) is 0 Å². The largest absolute Gasteiger partial charge is 0.445 e. The molecule has 3 rings (SSSR count). The third kappa shape index (κ3) is 19.1. The maximum atomic E-state index is 14.2. The first-order chi connectivity index (χ1) is 35.9. The van der Waals surface area contributed by atoms with Crippen LogP contribution in [0, 0.1) is 23.7 Å². The van der Waals surface area contributed by atoms with Crippen molar-refractivity contribution in [2.75, 3.05) is 53.3 Å². The third-order valence-electron chi connectivity index (χ3n) is 14.1. The molecule has 1 saturated heterocycles. The van der Waals surface area contributed by atoms with Gasteiger partial charge in [-0.25, -0.2) is 4.79 Å². The molecule has 8 amide bonds. The van der Waals surface area contributed by atoms with Crippen LogP contribution in [0.2, 0.25) is 0 Å². The van der Waals surface area contributed by atoms with Crippen LogP contribution in [-0.2, 0) is 54.4 Å². The minimum atomic E-state index is -1.01. The molecule has 20 nitrogen and oxygen atoms in total. The predicted octanol–water partition coefficient (Wildman–Crippen LogP) is 4.46. The lowest BCUT2D eigenvalue weighted by atomic mass is 9.90. The average molecular weight is 1080 g/mol. The first kappa shape index (κ1) is 64.5. The predicted molar refractivity (Wildman–Crippen MR) is 293 cm³/mol. The molecule has 0 spiro atoms. The summed E-state index contributed by atoms with van der Waals surface area (Å²) in [5.74, 6) is -4.23. The number of nitrogens with one attached hydrogen (secondary N) is 5. The molecule has 0 radical (unpaired) electrons. The molecule has 2 aromatic rings. The van der Waals surface area contributed by atoms with Gasteiger partial charge in [0, 0.05) is 52.2 Å². The van der Waals surface area contributed by atoms with Gasteiger partial charge in [0.05, 0.1) is 61.9 Å². The standard InChI is InChI=1S/C55H86N8O12S/c1-14-34(6)49(42(73-12)28-45(66)63-26-18-21-41(63)51(74-13)36(8)52(69)58-37(9)50(68)39-19-16-15-17-20-39)61(10)46(67)30-57-54(71)48(33(4)5)62(11)55(72)75-31-38-22-24-40(25-23-38)59-44(65)29-56-53(70)47(32(2)3)60-43(64)27-35(7)76/h15-17,19-20,22-25,32-37,41-42,47-51,68,76H,14,18,21,26-31H2,1-13H3,(H,56,70)(H,57,71)(H,58,69)(H,59,65)(H,60,64). The van der Waals surface area contributed by atoms with Crippen molar-refractivity contribution < 1.29 is 57.7 Å². The van der Waals surface area contributed by atoms with Gasteiger partial charge < -0.3 is 55.7 Å². The van der Waals surface area contributed by atoms with Crippen LogP contribution < -0.4 is 26.6 Å². The van der Waals surface area contributed by atoms with Gasteiger partial charge in [-0.05, 0) is 60.8 Å². The van der Waals surface area contributed by atoms with Crippen molar-refractivity contribution in [1.82, 2.24) is 36.0 Å². The molecule has 76 heavy (non-hydrogen) atoms. The van der Waals surface area contributed by atoms with E-state index in [2.05, 4.69) is 39.2 Å². The second kappa shape index (κ2) is 31.5. The summed E-state index contributed by atoms with van der Waals surface area (Å²) in [5, 5.41) is 24.3. The van der Waals surface area contributed by atoms with E-state index in [0.717, 1.165) is 0 Å². The molecule has 11 unspecified atom stereocenters. The van der Waals surface area contributed by atoms with Crippen LogP contribution in [0.3, 0.4) is 0 Å². The Morgan fingerprint density at radius 1 is 0.763 bits per heavy atom. The minimum Gasteiger partial charge on any atom is -0.445 e. The number of carbonyl (C=O) groups excluding carboxylic acids is 8. The van der Waals surface area contributed by atoms with E-state index in [1.165, 1.54) is 31.1 Å². The highest BCUT2D eigenvalue weighted by Crippen LogP contribution is 2.30. The van der Waals surface area contributed by atoms with Gasteiger partial charge in [-0.15, -0.1) is 0 Å². The van der Waals surface area contributed by atoms with E-state index in [1.807, 2.05) is 32.0 Å². The van der Waals surface area contributed by atoms with E-state index >= 15 is 0 Å². The third-order valence-corrected chi connectivity index (χ3v) is 14.3. The molecule has 1 aliphatic rings. The number of likely N-dealkylation sites (N-methyl/N-ethyl adjacent to an activating group) is 2. The fourth-order valence-electron chi connectivity index (χ4n) is 9.58. The molecule has 0 aliphatic carbocycles. The summed E-state index contributed by atoms with van der Waals surface area (Å²) in [7, 11) is 6.06. The molecular formula is C55H86N8O12S. The van der Waals surface area contributed by atoms with Gasteiger partial charge in [0.1, 0.15) is 18.7 Å². The highest BCUT2D eigenvalue weighted by molar-refractivity contribution is 7.80. The van der Waals surface area contributed by atoms with E-state index < -0.39 is 90.7 Å². The molecule has 0 saturated carbocycles. The number of nitrogens with zero attached hydrogens (tertiary/aromatic N) is 3. The van der Waals surface area contributed by atoms with Crippen LogP contribution in [0.1, 0.15) is 112 Å². The van der Waals surface area contributed by atoms with Crippen LogP contribution in [0.25, 0.3) is 0 Å². The lowest BCUT2D eigenvalue weighted by Crippen LogP contribution is -2.56. The van der Waals surface area contributed by atoms with Crippen molar-refractivity contribution in [3.8, 4) is 0 Å². The fraction of sp³-hybridized carbons (Fsp3) is 0.636. The Labute approximate surface area is 455 Å². The van der Waals surface area contributed by atoms with Gasteiger partial charge in [-0.1, -0.05) is 104 Å². The monoisotopic (exact) mass is 1080 g/mol. The highest BCUT2D eigenvalue weighted by Gasteiger charge is 2.42. The normalized spacial score (nSPS) is 17.4. The van der Waals surface area contributed by atoms with Crippen LogP contribution in [0.4, 0.5) is 10.5 Å². The van der Waals surface area contributed by atoms with Gasteiger partial charge >= 0.3 is 6.09 Å². The zero-order valence-electron chi connectivity index (χ0n) is 46.8. The fourth-order valence-corrected chi connectivity index (χ4v) is 9.75. The summed E-state index contributed by atoms with van der Waals surface area (Å²) in [4.78, 5) is 111. The lowest BCUT2D eigenvalue weighted by molar-refractivity contribution is -0.146. The highest BCUT2D eigenvalue weighted by atomic mass is 32.1. The number of hydrogen-bond donors (Lipinski definition) is 7. The van der Waals surface area contributed by atoms with E-state index in [4.69, 9.17) is 14.2 Å². The number of ether oxygens (including phenoxy) is 3. The number of carbonyl (C=O) groups is 8. The van der Waals surface area contributed by atoms with Crippen LogP contribution in [-0.4, -0.2) is 163 Å². The Bertz CT molecular complexity index is 2220. The summed E-state index contributed by atoms with van der Waals surface area (Å²) >= 11 is 4.22. The first-order valence-electron chi connectivity index (χ1n) is 26.3. The summed E-state index contributed by atoms with van der Waals surface area (Å²) in [6.07, 6.45) is -1.03. The Balaban J connectivity index is 1.57. The number of amides is 8. The molecule has 21 heteroatoms. The van der Waals surface area contributed by atoms with Crippen molar-refractivity contribution in [2.24, 2.45) is 23.7 Å². The maximum absolute atomic E-state index is 14.2. The van der Waals surface area contributed by atoms with Gasteiger partial charge in [0.25, 0.3) is 0 Å². The number of thiol groups is 1. The van der Waals surface area contributed by atoms with Crippen molar-refractivity contribution >= 4 is 65.8 Å². The zero-order chi connectivity index (χ0) is 57.0. The number of aliphatic hydroxyl groups is 1. The van der Waals surface area contributed by atoms with Crippen LogP contribution in [0.15, 0.2) is 54.6 Å². The van der Waals surface area contributed by atoms with E-state index in [-0.39, 0.29) is 66.7 Å². The molecule has 11 atom stereocenters. The lowest BCUT2D eigenvalue weighted by Gasteiger charge is -2.39. The molecule has 1 heterocycles. The number of rotatable bonds is 29. The summed E-state index contributed by atoms with van der Waals surface area (Å²) in [6, 6.07) is 12.2. The Kier molecular flexibility index (Phi) is 26.7.